The van der Waals surface area contributed by atoms with Crippen LogP contribution in [0.15, 0.2) is 36.5 Å². The number of nitrogen functional groups attached to an aromatic ring is 2. The molecule has 4 heterocycles. The Bertz CT molecular complexity index is 1680. The number of nitrogens with one attached hydrogen (secondary N) is 1. The number of anilines is 4. The third-order valence-electron chi connectivity index (χ3n) is 9.06. The Balaban J connectivity index is 1.21. The Morgan fingerprint density at radius 1 is 1.11 bits per heavy atom. The number of nitrogens with two attached hydrogens (primary N) is 2. The molecule has 3 aromatic rings. The zero-order chi connectivity index (χ0) is 32.1. The van der Waals surface area contributed by atoms with Gasteiger partial charge in [-0.2, -0.15) is 0 Å². The van der Waals surface area contributed by atoms with Crippen LogP contribution in [0.1, 0.15) is 84.2 Å². The molecule has 1 saturated heterocycles. The summed E-state index contributed by atoms with van der Waals surface area (Å²) in [7, 11) is -1.32. The van der Waals surface area contributed by atoms with E-state index in [1.54, 1.807) is 30.2 Å². The Kier molecular flexibility index (Phi) is 8.02. The quantitative estimate of drug-likeness (QED) is 0.343. The first-order chi connectivity index (χ1) is 21.4. The molecule has 1 fully saturated rings. The molecular formula is C32H40N8O4S. The van der Waals surface area contributed by atoms with Crippen molar-refractivity contribution in [1.29, 1.82) is 0 Å². The molecule has 1 unspecified atom stereocenters. The molecule has 12 nitrogen and oxygen atoms in total. The fourth-order valence-corrected chi connectivity index (χ4v) is 7.57. The number of pyridine rings is 1. The summed E-state index contributed by atoms with van der Waals surface area (Å²) in [5, 5.41) is 0. The van der Waals surface area contributed by atoms with Gasteiger partial charge in [-0.3, -0.25) is 4.79 Å². The second kappa shape index (κ2) is 11.7. The Morgan fingerprint density at radius 3 is 2.56 bits per heavy atom. The van der Waals surface area contributed by atoms with Gasteiger partial charge in [0.15, 0.2) is 11.5 Å². The number of carbonyl (C=O) groups excluding carboxylic acids is 2. The van der Waals surface area contributed by atoms with E-state index in [0.29, 0.717) is 55.5 Å². The standard InChI is InChI=1S/C32H40N8O4S/c1-5-44-30(42)19-6-7-20-17-32(27(21(20)16-19)38-45(43)31(2,3)4)11-14-39(15-12-32)25-18-35-26(28(34)37-25)29(41)40-13-10-22-23(40)8-9-24(33)36-22/h6-9,16,18,27,38H,5,10-15,17H2,1-4H3,(H2,33,36)(H2,34,37)/t27?,45-/m1/s1. The fraction of sp³-hybridized carbons (Fsp3) is 0.469. The molecule has 5 N–H and O–H groups in total. The smallest absolute Gasteiger partial charge is 0.338 e. The van der Waals surface area contributed by atoms with E-state index in [9.17, 15) is 13.8 Å². The SMILES string of the molecule is CCOC(=O)c1ccc2c(c1)C(N[S@](=O)C(C)(C)C)C1(CCN(c3cnc(C(=O)N4CCc5nc(N)ccc54)c(N)n3)CC1)C2. The Labute approximate surface area is 265 Å². The van der Waals surface area contributed by atoms with E-state index in [-0.39, 0.29) is 34.8 Å². The minimum absolute atomic E-state index is 0.0783. The van der Waals surface area contributed by atoms with E-state index in [0.717, 1.165) is 36.1 Å². The summed E-state index contributed by atoms with van der Waals surface area (Å²) in [6.07, 6.45) is 4.60. The van der Waals surface area contributed by atoms with Gasteiger partial charge in [0, 0.05) is 26.1 Å². The summed E-state index contributed by atoms with van der Waals surface area (Å²) in [6, 6.07) is 8.99. The van der Waals surface area contributed by atoms with Crippen molar-refractivity contribution in [2.75, 3.05) is 47.5 Å². The van der Waals surface area contributed by atoms with Gasteiger partial charge in [-0.1, -0.05) is 6.07 Å². The van der Waals surface area contributed by atoms with E-state index in [4.69, 9.17) is 16.2 Å². The van der Waals surface area contributed by atoms with Crippen molar-refractivity contribution >= 4 is 46.0 Å². The van der Waals surface area contributed by atoms with Crippen molar-refractivity contribution < 1.29 is 18.5 Å². The Hall–Kier alpha value is -4.10. The Morgan fingerprint density at radius 2 is 1.87 bits per heavy atom. The first-order valence-corrected chi connectivity index (χ1v) is 16.5. The van der Waals surface area contributed by atoms with Gasteiger partial charge in [-0.15, -0.1) is 0 Å². The van der Waals surface area contributed by atoms with Crippen LogP contribution in [0.25, 0.3) is 0 Å². The maximum atomic E-state index is 13.4. The van der Waals surface area contributed by atoms with E-state index >= 15 is 0 Å². The summed E-state index contributed by atoms with van der Waals surface area (Å²) in [4.78, 5) is 43.1. The zero-order valence-electron chi connectivity index (χ0n) is 26.1. The molecule has 0 radical (unpaired) electrons. The number of hydrogen-bond acceptors (Lipinski definition) is 10. The van der Waals surface area contributed by atoms with E-state index in [1.807, 2.05) is 39.0 Å². The summed E-state index contributed by atoms with van der Waals surface area (Å²) in [5.41, 5.74) is 16.2. The largest absolute Gasteiger partial charge is 0.462 e. The number of rotatable bonds is 6. The van der Waals surface area contributed by atoms with Gasteiger partial charge in [-0.25, -0.2) is 28.7 Å². The monoisotopic (exact) mass is 632 g/mol. The number of benzene rings is 1. The molecule has 1 spiro atoms. The molecular weight excluding hydrogens is 592 g/mol. The highest BCUT2D eigenvalue weighted by molar-refractivity contribution is 7.84. The molecule has 0 bridgehead atoms. The summed E-state index contributed by atoms with van der Waals surface area (Å²) in [6.45, 7) is 9.75. The minimum atomic E-state index is -1.32. The van der Waals surface area contributed by atoms with Crippen LogP contribution < -0.4 is 26.0 Å². The highest BCUT2D eigenvalue weighted by atomic mass is 32.2. The first kappa shape index (κ1) is 30.9. The number of amides is 1. The van der Waals surface area contributed by atoms with Gasteiger partial charge in [-0.05, 0) is 87.8 Å². The lowest BCUT2D eigenvalue weighted by molar-refractivity contribution is 0.0526. The molecule has 6 rings (SSSR count). The maximum Gasteiger partial charge on any atom is 0.338 e. The third kappa shape index (κ3) is 5.74. The summed E-state index contributed by atoms with van der Waals surface area (Å²) in [5.74, 6) is 0.427. The average Bonchev–Trinajstić information content (AvgIpc) is 3.55. The molecule has 1 aliphatic carbocycles. The lowest BCUT2D eigenvalue weighted by Gasteiger charge is -2.44. The molecule has 2 aliphatic heterocycles. The van der Waals surface area contributed by atoms with Crippen LogP contribution in [0.4, 0.5) is 23.1 Å². The molecule has 45 heavy (non-hydrogen) atoms. The molecule has 0 saturated carbocycles. The second-order valence-corrected chi connectivity index (χ2v) is 15.0. The van der Waals surface area contributed by atoms with E-state index in [2.05, 4.69) is 24.6 Å². The van der Waals surface area contributed by atoms with Crippen molar-refractivity contribution in [3.63, 3.8) is 0 Å². The predicted octanol–water partition coefficient (Wildman–Crippen LogP) is 3.35. The van der Waals surface area contributed by atoms with Gasteiger partial charge in [0.2, 0.25) is 0 Å². The minimum Gasteiger partial charge on any atom is -0.462 e. The molecule has 2 atom stereocenters. The predicted molar refractivity (Wildman–Crippen MR) is 174 cm³/mol. The number of fused-ring (bicyclic) bond motifs is 2. The molecule has 1 aromatic carbocycles. The normalized spacial score (nSPS) is 19.3. The molecule has 238 valence electrons. The van der Waals surface area contributed by atoms with Crippen LogP contribution in [0.3, 0.4) is 0 Å². The van der Waals surface area contributed by atoms with Crippen LogP contribution in [-0.2, 0) is 28.6 Å². The number of ether oxygens (including phenoxy) is 1. The van der Waals surface area contributed by atoms with Crippen molar-refractivity contribution in [2.45, 2.75) is 64.2 Å². The summed E-state index contributed by atoms with van der Waals surface area (Å²) >= 11 is 0. The van der Waals surface area contributed by atoms with Crippen LogP contribution >= 0.6 is 0 Å². The number of esters is 1. The van der Waals surface area contributed by atoms with Gasteiger partial charge in [0.1, 0.15) is 11.6 Å². The van der Waals surface area contributed by atoms with Crippen molar-refractivity contribution in [1.82, 2.24) is 19.7 Å². The third-order valence-corrected chi connectivity index (χ3v) is 10.6. The molecule has 1 amide bonds. The first-order valence-electron chi connectivity index (χ1n) is 15.3. The lowest BCUT2D eigenvalue weighted by Crippen LogP contribution is -2.48. The topological polar surface area (TPSA) is 170 Å². The van der Waals surface area contributed by atoms with Crippen LogP contribution in [0.5, 0.6) is 0 Å². The van der Waals surface area contributed by atoms with Crippen LogP contribution in [0.2, 0.25) is 0 Å². The highest BCUT2D eigenvalue weighted by Gasteiger charge is 2.49. The lowest BCUT2D eigenvalue weighted by atomic mass is 9.73. The average molecular weight is 633 g/mol. The molecule has 13 heteroatoms. The van der Waals surface area contributed by atoms with Gasteiger partial charge in [0.05, 0.1) is 51.5 Å². The second-order valence-electron chi connectivity index (χ2n) is 13.0. The van der Waals surface area contributed by atoms with Gasteiger partial charge < -0.3 is 26.0 Å². The summed E-state index contributed by atoms with van der Waals surface area (Å²) < 4.78 is 21.6. The maximum absolute atomic E-state index is 13.4. The zero-order valence-corrected chi connectivity index (χ0v) is 26.9. The number of nitrogens with zero attached hydrogens (tertiary/aromatic N) is 5. The van der Waals surface area contributed by atoms with Gasteiger partial charge in [0.25, 0.3) is 5.91 Å². The molecule has 3 aliphatic rings. The number of hydrogen-bond donors (Lipinski definition) is 3. The van der Waals surface area contributed by atoms with Crippen LogP contribution in [-0.4, -0.2) is 62.0 Å². The van der Waals surface area contributed by atoms with Crippen LogP contribution in [0, 0.1) is 5.41 Å². The number of aromatic nitrogens is 3. The highest BCUT2D eigenvalue weighted by Crippen LogP contribution is 2.53. The van der Waals surface area contributed by atoms with Gasteiger partial charge >= 0.3 is 5.97 Å². The van der Waals surface area contributed by atoms with E-state index < -0.39 is 15.7 Å². The van der Waals surface area contributed by atoms with Crippen molar-refractivity contribution in [2.24, 2.45) is 5.41 Å². The number of carbonyl (C=O) groups is 2. The van der Waals surface area contributed by atoms with Crippen molar-refractivity contribution in [3.8, 4) is 0 Å². The van der Waals surface area contributed by atoms with Crippen molar-refractivity contribution in [3.05, 3.63) is 64.6 Å². The molecule has 2 aromatic heterocycles. The van der Waals surface area contributed by atoms with E-state index in [1.165, 1.54) is 0 Å². The fourth-order valence-electron chi connectivity index (χ4n) is 6.62. The number of piperidine rings is 1.